The van der Waals surface area contributed by atoms with Crippen molar-refractivity contribution >= 4 is 18.3 Å². The Labute approximate surface area is 150 Å². The van der Waals surface area contributed by atoms with Crippen LogP contribution in [0.3, 0.4) is 0 Å². The third-order valence-electron chi connectivity index (χ3n) is 5.16. The Morgan fingerprint density at radius 3 is 2.16 bits per heavy atom. The molecule has 0 saturated carbocycles. The molecule has 0 aliphatic carbocycles. The number of ether oxygens (including phenoxy) is 1. The van der Waals surface area contributed by atoms with Crippen LogP contribution in [0.4, 0.5) is 5.69 Å². The predicted molar refractivity (Wildman–Crippen MR) is 102 cm³/mol. The number of hydrogen-bond acceptors (Lipinski definition) is 4. The molecule has 2 aromatic carbocycles. The zero-order chi connectivity index (χ0) is 18.2. The van der Waals surface area contributed by atoms with Crippen molar-refractivity contribution in [3.05, 3.63) is 53.6 Å². The first-order valence-corrected chi connectivity index (χ1v) is 8.62. The fourth-order valence-corrected chi connectivity index (χ4v) is 2.86. The first kappa shape index (κ1) is 17.8. The molecule has 0 atom stereocenters. The summed E-state index contributed by atoms with van der Waals surface area (Å²) in [5, 5.41) is 0. The molecule has 0 aromatic heterocycles. The third kappa shape index (κ3) is 3.39. The van der Waals surface area contributed by atoms with Gasteiger partial charge in [0.25, 0.3) is 0 Å². The summed E-state index contributed by atoms with van der Waals surface area (Å²) in [7, 11) is -0.501. The van der Waals surface area contributed by atoms with Crippen LogP contribution in [-0.2, 0) is 15.9 Å². The topological polar surface area (TPSA) is 53.7 Å². The molecule has 4 nitrogen and oxygen atoms in total. The minimum absolute atomic E-state index is 0.411. The maximum atomic E-state index is 6.22. The Morgan fingerprint density at radius 1 is 0.960 bits per heavy atom. The quantitative estimate of drug-likeness (QED) is 0.685. The molecule has 5 heteroatoms. The summed E-state index contributed by atoms with van der Waals surface area (Å²) in [6, 6.07) is 13.9. The van der Waals surface area contributed by atoms with Gasteiger partial charge in [-0.2, -0.15) is 0 Å². The molecular weight excluding hydrogens is 313 g/mol. The Balaban J connectivity index is 1.93. The van der Waals surface area contributed by atoms with Crippen LogP contribution in [0.5, 0.6) is 5.75 Å². The Kier molecular flexibility index (Phi) is 4.56. The molecule has 132 valence electrons. The molecule has 1 aliphatic rings. The summed E-state index contributed by atoms with van der Waals surface area (Å²) in [4.78, 5) is 0. The van der Waals surface area contributed by atoms with E-state index in [1.54, 1.807) is 0 Å². The van der Waals surface area contributed by atoms with Crippen molar-refractivity contribution in [2.75, 3.05) is 5.73 Å². The second-order valence-electron chi connectivity index (χ2n) is 7.58. The number of hydrogen-bond donors (Lipinski definition) is 1. The Hall–Kier alpha value is -1.98. The largest absolute Gasteiger partial charge is 0.499 e. The Morgan fingerprint density at radius 2 is 1.56 bits per heavy atom. The van der Waals surface area contributed by atoms with Crippen molar-refractivity contribution in [2.45, 2.75) is 52.4 Å². The number of rotatable bonds is 4. The lowest BCUT2D eigenvalue weighted by molar-refractivity contribution is 0.00578. The molecule has 1 heterocycles. The standard InChI is InChI=1S/C20H26BNO3/c1-14-11-12-16(22)18(23-13-15-9-7-6-8-10-15)17(14)21-24-19(2,3)20(4,5)25-21/h6-12H,13,22H2,1-5H3. The van der Waals surface area contributed by atoms with Crippen LogP contribution < -0.4 is 15.9 Å². The molecule has 0 unspecified atom stereocenters. The van der Waals surface area contributed by atoms with Crippen molar-refractivity contribution < 1.29 is 14.0 Å². The van der Waals surface area contributed by atoms with Crippen LogP contribution in [0, 0.1) is 6.92 Å². The van der Waals surface area contributed by atoms with E-state index >= 15 is 0 Å². The lowest BCUT2D eigenvalue weighted by Gasteiger charge is -2.32. The first-order valence-electron chi connectivity index (χ1n) is 8.62. The van der Waals surface area contributed by atoms with Gasteiger partial charge in [-0.15, -0.1) is 0 Å². The smallest absolute Gasteiger partial charge is 0.487 e. The van der Waals surface area contributed by atoms with Crippen molar-refractivity contribution in [2.24, 2.45) is 0 Å². The van der Waals surface area contributed by atoms with Gasteiger partial charge in [0.05, 0.1) is 16.9 Å². The van der Waals surface area contributed by atoms with Crippen LogP contribution in [0.15, 0.2) is 42.5 Å². The van der Waals surface area contributed by atoms with Crippen LogP contribution in [0.1, 0.15) is 38.8 Å². The van der Waals surface area contributed by atoms with Gasteiger partial charge in [0.2, 0.25) is 0 Å². The maximum absolute atomic E-state index is 6.22. The number of benzene rings is 2. The van der Waals surface area contributed by atoms with Gasteiger partial charge in [0, 0.05) is 5.46 Å². The van der Waals surface area contributed by atoms with Crippen molar-refractivity contribution in [1.82, 2.24) is 0 Å². The average molecular weight is 339 g/mol. The molecule has 0 radical (unpaired) electrons. The molecule has 0 bridgehead atoms. The Bertz CT molecular complexity index is 743. The second kappa shape index (κ2) is 6.39. The van der Waals surface area contributed by atoms with E-state index in [0.717, 1.165) is 16.6 Å². The zero-order valence-corrected chi connectivity index (χ0v) is 15.6. The summed E-state index contributed by atoms with van der Waals surface area (Å²) in [5.41, 5.74) is 8.98. The van der Waals surface area contributed by atoms with Crippen LogP contribution in [0.25, 0.3) is 0 Å². The predicted octanol–water partition coefficient (Wildman–Crippen LogP) is 3.46. The van der Waals surface area contributed by atoms with E-state index in [0.29, 0.717) is 18.0 Å². The van der Waals surface area contributed by atoms with Gasteiger partial charge in [-0.3, -0.25) is 0 Å². The van der Waals surface area contributed by atoms with Crippen molar-refractivity contribution in [3.8, 4) is 5.75 Å². The molecule has 1 fully saturated rings. The van der Waals surface area contributed by atoms with E-state index in [1.165, 1.54) is 0 Å². The van der Waals surface area contributed by atoms with Gasteiger partial charge < -0.3 is 19.8 Å². The molecule has 1 saturated heterocycles. The van der Waals surface area contributed by atoms with Crippen LogP contribution in [0.2, 0.25) is 0 Å². The second-order valence-corrected chi connectivity index (χ2v) is 7.58. The highest BCUT2D eigenvalue weighted by atomic mass is 16.7. The van der Waals surface area contributed by atoms with Crippen LogP contribution in [-0.4, -0.2) is 18.3 Å². The van der Waals surface area contributed by atoms with Gasteiger partial charge in [-0.05, 0) is 51.8 Å². The number of anilines is 1. The molecule has 2 aromatic rings. The third-order valence-corrected chi connectivity index (χ3v) is 5.16. The highest BCUT2D eigenvalue weighted by Crippen LogP contribution is 2.38. The summed E-state index contributed by atoms with van der Waals surface area (Å²) >= 11 is 0. The van der Waals surface area contributed by atoms with E-state index in [4.69, 9.17) is 19.8 Å². The van der Waals surface area contributed by atoms with Gasteiger partial charge >= 0.3 is 7.12 Å². The van der Waals surface area contributed by atoms with E-state index in [1.807, 2.05) is 77.1 Å². The highest BCUT2D eigenvalue weighted by molar-refractivity contribution is 6.64. The summed E-state index contributed by atoms with van der Waals surface area (Å²) in [5.74, 6) is 0.641. The summed E-state index contributed by atoms with van der Waals surface area (Å²) in [6.45, 7) is 10.6. The fourth-order valence-electron chi connectivity index (χ4n) is 2.86. The molecule has 0 amide bonds. The van der Waals surface area contributed by atoms with Crippen molar-refractivity contribution in [3.63, 3.8) is 0 Å². The minimum Gasteiger partial charge on any atom is -0.487 e. The lowest BCUT2D eigenvalue weighted by Crippen LogP contribution is -2.41. The van der Waals surface area contributed by atoms with E-state index < -0.39 is 18.3 Å². The zero-order valence-electron chi connectivity index (χ0n) is 15.6. The molecular formula is C20H26BNO3. The van der Waals surface area contributed by atoms with Gasteiger partial charge in [-0.1, -0.05) is 36.4 Å². The maximum Gasteiger partial charge on any atom is 0.499 e. The molecule has 2 N–H and O–H groups in total. The molecule has 3 rings (SSSR count). The SMILES string of the molecule is Cc1ccc(N)c(OCc2ccccc2)c1B1OC(C)(C)C(C)(C)O1. The average Bonchev–Trinajstić information content (AvgIpc) is 2.76. The normalized spacial score (nSPS) is 18.4. The number of nitrogen functional groups attached to an aromatic ring is 1. The van der Waals surface area contributed by atoms with Gasteiger partial charge in [0.1, 0.15) is 12.4 Å². The van der Waals surface area contributed by atoms with Gasteiger partial charge in [-0.25, -0.2) is 0 Å². The van der Waals surface area contributed by atoms with E-state index in [9.17, 15) is 0 Å². The molecule has 25 heavy (non-hydrogen) atoms. The highest BCUT2D eigenvalue weighted by Gasteiger charge is 2.53. The van der Waals surface area contributed by atoms with Crippen LogP contribution >= 0.6 is 0 Å². The minimum atomic E-state index is -0.501. The molecule has 1 aliphatic heterocycles. The van der Waals surface area contributed by atoms with E-state index in [2.05, 4.69) is 0 Å². The lowest BCUT2D eigenvalue weighted by atomic mass is 9.75. The first-order chi connectivity index (χ1) is 11.7. The monoisotopic (exact) mass is 339 g/mol. The number of nitrogens with two attached hydrogens (primary N) is 1. The number of aryl methyl sites for hydroxylation is 1. The van der Waals surface area contributed by atoms with E-state index in [-0.39, 0.29) is 0 Å². The van der Waals surface area contributed by atoms with Gasteiger partial charge in [0.15, 0.2) is 0 Å². The summed E-state index contributed by atoms with van der Waals surface area (Å²) in [6.07, 6.45) is 0. The van der Waals surface area contributed by atoms with Crippen molar-refractivity contribution in [1.29, 1.82) is 0 Å². The summed E-state index contributed by atoms with van der Waals surface area (Å²) < 4.78 is 18.5. The molecule has 0 spiro atoms. The fraction of sp³-hybridized carbons (Fsp3) is 0.400.